The Kier molecular flexibility index (Phi) is 4.24. The van der Waals surface area contributed by atoms with Gasteiger partial charge < -0.3 is 10.2 Å². The molecular weight excluding hydrogens is 276 g/mol. The van der Waals surface area contributed by atoms with Crippen molar-refractivity contribution in [3.05, 3.63) is 47.8 Å². The van der Waals surface area contributed by atoms with Crippen LogP contribution in [0.3, 0.4) is 0 Å². The Morgan fingerprint density at radius 1 is 1.41 bits per heavy atom. The molecule has 116 valence electrons. The molecule has 1 atom stereocenters. The van der Waals surface area contributed by atoms with E-state index in [1.54, 1.807) is 11.9 Å². The lowest BCUT2D eigenvalue weighted by Gasteiger charge is -2.23. The van der Waals surface area contributed by atoms with E-state index in [1.807, 2.05) is 48.1 Å². The van der Waals surface area contributed by atoms with Crippen LogP contribution in [0.1, 0.15) is 34.9 Å². The first kappa shape index (κ1) is 14.8. The summed E-state index contributed by atoms with van der Waals surface area (Å²) in [5, 5.41) is 7.86. The molecule has 5 heteroatoms. The summed E-state index contributed by atoms with van der Waals surface area (Å²) >= 11 is 0. The van der Waals surface area contributed by atoms with Gasteiger partial charge in [-0.25, -0.2) is 0 Å². The van der Waals surface area contributed by atoms with Crippen molar-refractivity contribution in [2.24, 2.45) is 0 Å². The second kappa shape index (κ2) is 6.32. The molecule has 0 radical (unpaired) electrons. The Hall–Kier alpha value is -2.14. The van der Waals surface area contributed by atoms with Crippen molar-refractivity contribution in [3.8, 4) is 0 Å². The molecule has 2 aromatic rings. The molecule has 0 aliphatic carbocycles. The standard InChI is InChI=1S/C17H22N4O/c1-13-5-3-6-14(11-13)20(2)17(22)16-8-10-21(19-16)15-7-4-9-18-12-15/h3,5-6,8,10-11,15,18H,4,7,9,12H2,1-2H3. The molecule has 2 heterocycles. The summed E-state index contributed by atoms with van der Waals surface area (Å²) in [5.74, 6) is -0.0758. The molecule has 1 N–H and O–H groups in total. The Morgan fingerprint density at radius 3 is 3.00 bits per heavy atom. The van der Waals surface area contributed by atoms with Gasteiger partial charge in [-0.05, 0) is 50.1 Å². The monoisotopic (exact) mass is 298 g/mol. The second-order valence-electron chi connectivity index (χ2n) is 5.88. The van der Waals surface area contributed by atoms with Crippen LogP contribution >= 0.6 is 0 Å². The smallest absolute Gasteiger partial charge is 0.278 e. The van der Waals surface area contributed by atoms with Gasteiger partial charge in [-0.1, -0.05) is 12.1 Å². The highest BCUT2D eigenvalue weighted by Crippen LogP contribution is 2.19. The van der Waals surface area contributed by atoms with Crippen LogP contribution in [0, 0.1) is 6.92 Å². The number of anilines is 1. The predicted molar refractivity (Wildman–Crippen MR) is 87.3 cm³/mol. The van der Waals surface area contributed by atoms with Crippen LogP contribution in [-0.2, 0) is 0 Å². The average molecular weight is 298 g/mol. The molecule has 1 fully saturated rings. The zero-order chi connectivity index (χ0) is 15.5. The summed E-state index contributed by atoms with van der Waals surface area (Å²) < 4.78 is 1.92. The minimum absolute atomic E-state index is 0.0758. The van der Waals surface area contributed by atoms with Gasteiger partial charge in [0.25, 0.3) is 5.91 Å². The molecule has 5 nitrogen and oxygen atoms in total. The van der Waals surface area contributed by atoms with E-state index >= 15 is 0 Å². The van der Waals surface area contributed by atoms with Gasteiger partial charge in [0.15, 0.2) is 5.69 Å². The van der Waals surface area contributed by atoms with E-state index in [0.29, 0.717) is 11.7 Å². The minimum Gasteiger partial charge on any atom is -0.315 e. The van der Waals surface area contributed by atoms with Gasteiger partial charge in [0.05, 0.1) is 6.04 Å². The average Bonchev–Trinajstić information content (AvgIpc) is 3.04. The SMILES string of the molecule is Cc1cccc(N(C)C(=O)c2ccn(C3CCCNC3)n2)c1. The van der Waals surface area contributed by atoms with Crippen LogP contribution in [-0.4, -0.2) is 35.8 Å². The third-order valence-electron chi connectivity index (χ3n) is 4.17. The van der Waals surface area contributed by atoms with E-state index in [4.69, 9.17) is 0 Å². The first-order chi connectivity index (χ1) is 10.6. The number of hydrogen-bond acceptors (Lipinski definition) is 3. The van der Waals surface area contributed by atoms with E-state index in [-0.39, 0.29) is 5.91 Å². The third kappa shape index (κ3) is 3.04. The van der Waals surface area contributed by atoms with Gasteiger partial charge in [0.1, 0.15) is 0 Å². The quantitative estimate of drug-likeness (QED) is 0.946. The molecule has 22 heavy (non-hydrogen) atoms. The number of amides is 1. The van der Waals surface area contributed by atoms with Crippen LogP contribution in [0.5, 0.6) is 0 Å². The van der Waals surface area contributed by atoms with Gasteiger partial charge in [-0.3, -0.25) is 9.48 Å². The zero-order valence-corrected chi connectivity index (χ0v) is 13.1. The summed E-state index contributed by atoms with van der Waals surface area (Å²) in [6.07, 6.45) is 4.17. The summed E-state index contributed by atoms with van der Waals surface area (Å²) in [6.45, 7) is 4.01. The first-order valence-corrected chi connectivity index (χ1v) is 7.76. The highest BCUT2D eigenvalue weighted by atomic mass is 16.2. The molecule has 0 spiro atoms. The van der Waals surface area contributed by atoms with E-state index in [2.05, 4.69) is 10.4 Å². The molecule has 1 aromatic carbocycles. The number of nitrogens with zero attached hydrogens (tertiary/aromatic N) is 3. The molecule has 3 rings (SSSR count). The highest BCUT2D eigenvalue weighted by molar-refractivity contribution is 6.04. The number of piperidine rings is 1. The molecule has 1 aliphatic heterocycles. The van der Waals surface area contributed by atoms with Crippen molar-refractivity contribution in [1.29, 1.82) is 0 Å². The maximum atomic E-state index is 12.6. The first-order valence-electron chi connectivity index (χ1n) is 7.76. The van der Waals surface area contributed by atoms with Crippen molar-refractivity contribution in [2.75, 3.05) is 25.0 Å². The molecule has 1 saturated heterocycles. The van der Waals surface area contributed by atoms with Gasteiger partial charge in [0.2, 0.25) is 0 Å². The van der Waals surface area contributed by atoms with Crippen molar-refractivity contribution in [3.63, 3.8) is 0 Å². The van der Waals surface area contributed by atoms with Gasteiger partial charge in [-0.15, -0.1) is 0 Å². The van der Waals surface area contributed by atoms with Crippen LogP contribution in [0.4, 0.5) is 5.69 Å². The zero-order valence-electron chi connectivity index (χ0n) is 13.1. The fraction of sp³-hybridized carbons (Fsp3) is 0.412. The number of aromatic nitrogens is 2. The predicted octanol–water partition coefficient (Wildman–Crippen LogP) is 2.39. The number of nitrogens with one attached hydrogen (secondary N) is 1. The Labute approximate surface area is 130 Å². The maximum absolute atomic E-state index is 12.6. The topological polar surface area (TPSA) is 50.2 Å². The summed E-state index contributed by atoms with van der Waals surface area (Å²) in [6, 6.07) is 10.1. The van der Waals surface area contributed by atoms with Crippen LogP contribution in [0.15, 0.2) is 36.5 Å². The third-order valence-corrected chi connectivity index (χ3v) is 4.17. The Morgan fingerprint density at radius 2 is 2.27 bits per heavy atom. The largest absolute Gasteiger partial charge is 0.315 e. The second-order valence-corrected chi connectivity index (χ2v) is 5.88. The Balaban J connectivity index is 1.76. The summed E-state index contributed by atoms with van der Waals surface area (Å²) in [7, 11) is 1.79. The van der Waals surface area contributed by atoms with E-state index in [0.717, 1.165) is 37.2 Å². The lowest BCUT2D eigenvalue weighted by molar-refractivity contribution is 0.0987. The molecule has 1 amide bonds. The minimum atomic E-state index is -0.0758. The van der Waals surface area contributed by atoms with Crippen molar-refractivity contribution in [1.82, 2.24) is 15.1 Å². The lowest BCUT2D eigenvalue weighted by Crippen LogP contribution is -2.32. The fourth-order valence-electron chi connectivity index (χ4n) is 2.84. The fourth-order valence-corrected chi connectivity index (χ4v) is 2.84. The molecule has 1 unspecified atom stereocenters. The van der Waals surface area contributed by atoms with Gasteiger partial charge >= 0.3 is 0 Å². The number of benzene rings is 1. The summed E-state index contributed by atoms with van der Waals surface area (Å²) in [4.78, 5) is 14.2. The van der Waals surface area contributed by atoms with Crippen molar-refractivity contribution in [2.45, 2.75) is 25.8 Å². The number of rotatable bonds is 3. The molecule has 1 aromatic heterocycles. The van der Waals surface area contributed by atoms with E-state index in [1.165, 1.54) is 0 Å². The lowest BCUT2D eigenvalue weighted by atomic mass is 10.1. The number of carbonyl (C=O) groups excluding carboxylic acids is 1. The number of carbonyl (C=O) groups is 1. The maximum Gasteiger partial charge on any atom is 0.278 e. The number of aryl methyl sites for hydroxylation is 1. The molecule has 0 bridgehead atoms. The molecule has 0 saturated carbocycles. The van der Waals surface area contributed by atoms with E-state index in [9.17, 15) is 4.79 Å². The van der Waals surface area contributed by atoms with Crippen molar-refractivity contribution >= 4 is 11.6 Å². The van der Waals surface area contributed by atoms with Gasteiger partial charge in [0, 0.05) is 25.5 Å². The summed E-state index contributed by atoms with van der Waals surface area (Å²) in [5.41, 5.74) is 2.52. The Bertz CT molecular complexity index is 658. The molecule has 1 aliphatic rings. The van der Waals surface area contributed by atoms with Crippen LogP contribution < -0.4 is 10.2 Å². The van der Waals surface area contributed by atoms with Crippen LogP contribution in [0.25, 0.3) is 0 Å². The number of hydrogen-bond donors (Lipinski definition) is 1. The highest BCUT2D eigenvalue weighted by Gasteiger charge is 2.20. The van der Waals surface area contributed by atoms with Gasteiger partial charge in [-0.2, -0.15) is 5.10 Å². The van der Waals surface area contributed by atoms with E-state index < -0.39 is 0 Å². The van der Waals surface area contributed by atoms with Crippen LogP contribution in [0.2, 0.25) is 0 Å². The van der Waals surface area contributed by atoms with Crippen molar-refractivity contribution < 1.29 is 4.79 Å². The molecular formula is C17H22N4O. The normalized spacial score (nSPS) is 18.2.